The van der Waals surface area contributed by atoms with Crippen LogP contribution in [0, 0.1) is 0 Å². The molecule has 0 amide bonds. The normalized spacial score (nSPS) is 37.5. The Labute approximate surface area is 97.7 Å². The Balaban J connectivity index is 2.30. The maximum atomic E-state index is 9.32. The number of hydrogen-bond acceptors (Lipinski definition) is 6. The minimum atomic E-state index is -1.35. The summed E-state index contributed by atoms with van der Waals surface area (Å²) in [5, 5.41) is 22.2. The zero-order valence-electron chi connectivity index (χ0n) is 9.61. The van der Waals surface area contributed by atoms with Crippen molar-refractivity contribution in [2.45, 2.75) is 43.7 Å². The lowest BCUT2D eigenvalue weighted by Gasteiger charge is -2.31. The molecular formula is C9H15N3O5. The van der Waals surface area contributed by atoms with Crippen LogP contribution in [0.4, 0.5) is 0 Å². The molecule has 0 aliphatic carbocycles. The van der Waals surface area contributed by atoms with Crippen LogP contribution in [0.2, 0.25) is 0 Å². The lowest BCUT2D eigenvalue weighted by Crippen LogP contribution is -2.49. The van der Waals surface area contributed by atoms with Crippen molar-refractivity contribution in [3.05, 3.63) is 10.4 Å². The highest BCUT2D eigenvalue weighted by Gasteiger charge is 2.61. The summed E-state index contributed by atoms with van der Waals surface area (Å²) >= 11 is 0. The Kier molecular flexibility index (Phi) is 3.03. The summed E-state index contributed by atoms with van der Waals surface area (Å²) in [6, 6.07) is -0.825. The molecule has 0 radical (unpaired) electrons. The highest BCUT2D eigenvalue weighted by atomic mass is 16.8. The average molecular weight is 245 g/mol. The quantitative estimate of drug-likeness (QED) is 0.409. The molecule has 2 rings (SSSR count). The van der Waals surface area contributed by atoms with Gasteiger partial charge in [-0.1, -0.05) is 5.11 Å². The molecule has 3 atom stereocenters. The largest absolute Gasteiger partial charge is 0.393 e. The van der Waals surface area contributed by atoms with Crippen LogP contribution in [0.1, 0.15) is 13.8 Å². The third-order valence-corrected chi connectivity index (χ3v) is 3.00. The summed E-state index contributed by atoms with van der Waals surface area (Å²) in [6.45, 7) is 2.46. The lowest BCUT2D eigenvalue weighted by atomic mass is 9.95. The summed E-state index contributed by atoms with van der Waals surface area (Å²) in [6.07, 6.45) is -1.38. The van der Waals surface area contributed by atoms with Crippen molar-refractivity contribution in [1.29, 1.82) is 0 Å². The van der Waals surface area contributed by atoms with Gasteiger partial charge in [-0.05, 0) is 19.4 Å². The first-order valence-corrected chi connectivity index (χ1v) is 5.27. The van der Waals surface area contributed by atoms with Gasteiger partial charge in [0.2, 0.25) is 0 Å². The van der Waals surface area contributed by atoms with Gasteiger partial charge in [-0.25, -0.2) is 0 Å². The number of rotatable bonds is 3. The van der Waals surface area contributed by atoms with Crippen LogP contribution in [0.3, 0.4) is 0 Å². The van der Waals surface area contributed by atoms with Crippen LogP contribution in [-0.4, -0.2) is 53.3 Å². The Morgan fingerprint density at radius 1 is 1.24 bits per heavy atom. The van der Waals surface area contributed by atoms with E-state index in [1.54, 1.807) is 13.8 Å². The molecule has 0 spiro atoms. The molecule has 0 bridgehead atoms. The molecule has 3 unspecified atom stereocenters. The van der Waals surface area contributed by atoms with Gasteiger partial charge < -0.3 is 24.4 Å². The second-order valence-electron chi connectivity index (χ2n) is 4.62. The van der Waals surface area contributed by atoms with Crippen molar-refractivity contribution in [3.8, 4) is 0 Å². The Hall–Kier alpha value is -0.890. The molecule has 8 heteroatoms. The van der Waals surface area contributed by atoms with Crippen LogP contribution in [0.25, 0.3) is 10.4 Å². The van der Waals surface area contributed by atoms with Gasteiger partial charge in [0, 0.05) is 4.91 Å². The number of aliphatic hydroxyl groups excluding tert-OH is 2. The highest BCUT2D eigenvalue weighted by molar-refractivity contribution is 5.07. The number of nitrogens with zero attached hydrogens (tertiary/aromatic N) is 3. The van der Waals surface area contributed by atoms with Crippen LogP contribution < -0.4 is 0 Å². The van der Waals surface area contributed by atoms with E-state index >= 15 is 0 Å². The SMILES string of the molecule is CC1(C)OC2OC(CO)(CO)C(N=[N+]=[N-])C2O1. The fraction of sp³-hybridized carbons (Fsp3) is 1.00. The van der Waals surface area contributed by atoms with Gasteiger partial charge in [-0.2, -0.15) is 0 Å². The highest BCUT2D eigenvalue weighted by Crippen LogP contribution is 2.43. The molecule has 2 aliphatic rings. The predicted octanol–water partition coefficient (Wildman–Crippen LogP) is -0.104. The number of fused-ring (bicyclic) bond motifs is 1. The van der Waals surface area contributed by atoms with Gasteiger partial charge in [0.25, 0.3) is 0 Å². The van der Waals surface area contributed by atoms with E-state index in [0.717, 1.165) is 0 Å². The van der Waals surface area contributed by atoms with Crippen LogP contribution in [-0.2, 0) is 14.2 Å². The molecule has 2 heterocycles. The Morgan fingerprint density at radius 3 is 2.41 bits per heavy atom. The maximum absolute atomic E-state index is 9.32. The summed E-state index contributed by atoms with van der Waals surface area (Å²) in [5.74, 6) is -0.838. The molecule has 2 aliphatic heterocycles. The summed E-state index contributed by atoms with van der Waals surface area (Å²) < 4.78 is 16.5. The zero-order chi connectivity index (χ0) is 12.7. The van der Waals surface area contributed by atoms with E-state index in [-0.39, 0.29) is 0 Å². The number of azide groups is 1. The second kappa shape index (κ2) is 4.09. The molecule has 0 saturated carbocycles. The van der Waals surface area contributed by atoms with Crippen LogP contribution >= 0.6 is 0 Å². The van der Waals surface area contributed by atoms with Crippen molar-refractivity contribution >= 4 is 0 Å². The van der Waals surface area contributed by atoms with E-state index in [1.165, 1.54) is 0 Å². The Morgan fingerprint density at radius 2 is 1.88 bits per heavy atom. The second-order valence-corrected chi connectivity index (χ2v) is 4.62. The maximum Gasteiger partial charge on any atom is 0.188 e. The molecule has 96 valence electrons. The monoisotopic (exact) mass is 245 g/mol. The number of aliphatic hydroxyl groups is 2. The van der Waals surface area contributed by atoms with Gasteiger partial charge in [0.15, 0.2) is 12.1 Å². The fourth-order valence-corrected chi connectivity index (χ4v) is 2.20. The molecule has 2 saturated heterocycles. The summed E-state index contributed by atoms with van der Waals surface area (Å²) in [4.78, 5) is 2.70. The molecule has 8 nitrogen and oxygen atoms in total. The van der Waals surface area contributed by atoms with Gasteiger partial charge in [0.05, 0.1) is 13.2 Å². The predicted molar refractivity (Wildman–Crippen MR) is 54.7 cm³/mol. The van der Waals surface area contributed by atoms with Gasteiger partial charge in [-0.3, -0.25) is 0 Å². The standard InChI is InChI=1S/C9H15N3O5/c1-8(2)15-5-6(11-12-10)9(3-13,4-14)17-7(5)16-8/h5-7,13-14H,3-4H2,1-2H3. The first-order valence-electron chi connectivity index (χ1n) is 5.27. The van der Waals surface area contributed by atoms with E-state index in [0.29, 0.717) is 0 Å². The van der Waals surface area contributed by atoms with Crippen LogP contribution in [0.5, 0.6) is 0 Å². The van der Waals surface area contributed by atoms with Gasteiger partial charge >= 0.3 is 0 Å². The van der Waals surface area contributed by atoms with E-state index < -0.39 is 43.0 Å². The van der Waals surface area contributed by atoms with Crippen molar-refractivity contribution < 1.29 is 24.4 Å². The third kappa shape index (κ3) is 1.89. The smallest absolute Gasteiger partial charge is 0.188 e. The van der Waals surface area contributed by atoms with Crippen molar-refractivity contribution in [1.82, 2.24) is 0 Å². The minimum Gasteiger partial charge on any atom is -0.393 e. The van der Waals surface area contributed by atoms with E-state index in [4.69, 9.17) is 19.7 Å². The van der Waals surface area contributed by atoms with Crippen LogP contribution in [0.15, 0.2) is 5.11 Å². The molecule has 2 N–H and O–H groups in total. The zero-order valence-corrected chi connectivity index (χ0v) is 9.61. The van der Waals surface area contributed by atoms with E-state index in [2.05, 4.69) is 10.0 Å². The molecular weight excluding hydrogens is 230 g/mol. The molecule has 0 aromatic rings. The Bertz CT molecular complexity index is 351. The van der Waals surface area contributed by atoms with Gasteiger partial charge in [0.1, 0.15) is 17.7 Å². The first-order chi connectivity index (χ1) is 7.98. The van der Waals surface area contributed by atoms with Gasteiger partial charge in [-0.15, -0.1) is 0 Å². The molecule has 0 aromatic carbocycles. The third-order valence-electron chi connectivity index (χ3n) is 3.00. The molecule has 17 heavy (non-hydrogen) atoms. The number of hydrogen-bond donors (Lipinski definition) is 2. The topological polar surface area (TPSA) is 117 Å². The average Bonchev–Trinajstić information content (AvgIpc) is 2.71. The molecule has 2 fully saturated rings. The minimum absolute atomic E-state index is 0.479. The fourth-order valence-electron chi connectivity index (χ4n) is 2.20. The van der Waals surface area contributed by atoms with E-state index in [1.807, 2.05) is 0 Å². The van der Waals surface area contributed by atoms with Crippen molar-refractivity contribution in [2.75, 3.05) is 13.2 Å². The number of ether oxygens (including phenoxy) is 3. The lowest BCUT2D eigenvalue weighted by molar-refractivity contribution is -0.239. The van der Waals surface area contributed by atoms with E-state index in [9.17, 15) is 10.2 Å². The van der Waals surface area contributed by atoms with Crippen molar-refractivity contribution in [2.24, 2.45) is 5.11 Å². The van der Waals surface area contributed by atoms with Crippen molar-refractivity contribution in [3.63, 3.8) is 0 Å². The first kappa shape index (κ1) is 12.6. The summed E-state index contributed by atoms with van der Waals surface area (Å²) in [5.41, 5.74) is 7.19. The summed E-state index contributed by atoms with van der Waals surface area (Å²) in [7, 11) is 0. The molecule has 0 aromatic heterocycles.